The van der Waals surface area contributed by atoms with Crippen molar-refractivity contribution in [3.63, 3.8) is 0 Å². The van der Waals surface area contributed by atoms with Gasteiger partial charge in [0, 0.05) is 12.7 Å². The molecule has 4 heteroatoms. The second kappa shape index (κ2) is 3.40. The van der Waals surface area contributed by atoms with Crippen LogP contribution >= 0.6 is 0 Å². The Morgan fingerprint density at radius 3 is 2.83 bits per heavy atom. The van der Waals surface area contributed by atoms with Crippen molar-refractivity contribution < 1.29 is 4.79 Å². The van der Waals surface area contributed by atoms with Gasteiger partial charge in [0.25, 0.3) is 0 Å². The van der Waals surface area contributed by atoms with Gasteiger partial charge in [-0.3, -0.25) is 4.79 Å². The summed E-state index contributed by atoms with van der Waals surface area (Å²) >= 11 is 0. The number of ketones is 1. The minimum atomic E-state index is -0.0459. The molecule has 1 rings (SSSR count). The molecule has 12 heavy (non-hydrogen) atoms. The summed E-state index contributed by atoms with van der Waals surface area (Å²) in [6, 6.07) is 0. The van der Waals surface area contributed by atoms with Crippen LogP contribution in [-0.2, 0) is 6.54 Å². The summed E-state index contributed by atoms with van der Waals surface area (Å²) < 4.78 is 0. The Morgan fingerprint density at radius 2 is 2.33 bits per heavy atom. The van der Waals surface area contributed by atoms with Gasteiger partial charge in [0.05, 0.1) is 11.3 Å². The lowest BCUT2D eigenvalue weighted by Gasteiger charge is -2.02. The van der Waals surface area contributed by atoms with Gasteiger partial charge >= 0.3 is 0 Å². The Hall–Kier alpha value is -1.29. The van der Waals surface area contributed by atoms with E-state index in [0.29, 0.717) is 17.1 Å². The molecule has 0 fully saturated rings. The molecule has 0 atom stereocenters. The number of hydrogen-bond donors (Lipinski definition) is 1. The van der Waals surface area contributed by atoms with Gasteiger partial charge in [0.1, 0.15) is 5.82 Å². The van der Waals surface area contributed by atoms with Crippen molar-refractivity contribution in [3.05, 3.63) is 23.3 Å². The van der Waals surface area contributed by atoms with E-state index < -0.39 is 0 Å². The zero-order chi connectivity index (χ0) is 9.14. The third kappa shape index (κ3) is 1.65. The van der Waals surface area contributed by atoms with E-state index in [2.05, 4.69) is 9.97 Å². The number of nitrogens with two attached hydrogens (primary N) is 1. The molecule has 4 nitrogen and oxygen atoms in total. The molecule has 0 bridgehead atoms. The maximum absolute atomic E-state index is 11.0. The average Bonchev–Trinajstić information content (AvgIpc) is 2.03. The van der Waals surface area contributed by atoms with Gasteiger partial charge in [0.2, 0.25) is 0 Å². The number of carbonyl (C=O) groups is 1. The van der Waals surface area contributed by atoms with Crippen LogP contribution in [0.2, 0.25) is 0 Å². The normalized spacial score (nSPS) is 9.92. The van der Waals surface area contributed by atoms with E-state index in [1.54, 1.807) is 6.92 Å². The Bertz CT molecular complexity index is 309. The quantitative estimate of drug-likeness (QED) is 0.646. The summed E-state index contributed by atoms with van der Waals surface area (Å²) in [4.78, 5) is 19.0. The Morgan fingerprint density at radius 1 is 1.67 bits per heavy atom. The highest BCUT2D eigenvalue weighted by atomic mass is 16.1. The van der Waals surface area contributed by atoms with E-state index in [9.17, 15) is 4.79 Å². The smallest absolute Gasteiger partial charge is 0.163 e. The van der Waals surface area contributed by atoms with Crippen molar-refractivity contribution in [2.45, 2.75) is 20.4 Å². The molecule has 1 aromatic heterocycles. The van der Waals surface area contributed by atoms with Crippen molar-refractivity contribution in [3.8, 4) is 0 Å². The fourth-order valence-corrected chi connectivity index (χ4v) is 0.967. The van der Waals surface area contributed by atoms with Crippen molar-refractivity contribution in [1.29, 1.82) is 0 Å². The molecule has 0 spiro atoms. The predicted molar refractivity (Wildman–Crippen MR) is 44.7 cm³/mol. The third-order valence-electron chi connectivity index (χ3n) is 1.56. The molecule has 0 radical (unpaired) electrons. The van der Waals surface area contributed by atoms with Gasteiger partial charge in [-0.25, -0.2) is 9.97 Å². The highest BCUT2D eigenvalue weighted by molar-refractivity contribution is 5.94. The van der Waals surface area contributed by atoms with Crippen LogP contribution in [0.1, 0.15) is 28.8 Å². The Kier molecular flexibility index (Phi) is 2.50. The van der Waals surface area contributed by atoms with E-state index in [1.807, 2.05) is 0 Å². The number of nitrogens with zero attached hydrogens (tertiary/aromatic N) is 2. The van der Waals surface area contributed by atoms with Gasteiger partial charge in [-0.2, -0.15) is 0 Å². The summed E-state index contributed by atoms with van der Waals surface area (Å²) in [6.07, 6.45) is 1.52. The SMILES string of the molecule is CC(=O)c1cnc(C)nc1CN. The van der Waals surface area contributed by atoms with Crippen molar-refractivity contribution in [2.24, 2.45) is 5.73 Å². The van der Waals surface area contributed by atoms with Crippen molar-refractivity contribution in [2.75, 3.05) is 0 Å². The minimum Gasteiger partial charge on any atom is -0.325 e. The fourth-order valence-electron chi connectivity index (χ4n) is 0.967. The van der Waals surface area contributed by atoms with Gasteiger partial charge < -0.3 is 5.73 Å². The third-order valence-corrected chi connectivity index (χ3v) is 1.56. The monoisotopic (exact) mass is 165 g/mol. The van der Waals surface area contributed by atoms with Gasteiger partial charge in [-0.1, -0.05) is 0 Å². The summed E-state index contributed by atoms with van der Waals surface area (Å²) in [5.74, 6) is 0.593. The average molecular weight is 165 g/mol. The van der Waals surface area contributed by atoms with E-state index in [4.69, 9.17) is 5.73 Å². The molecule has 0 amide bonds. The number of hydrogen-bond acceptors (Lipinski definition) is 4. The molecule has 0 aliphatic carbocycles. The molecule has 2 N–H and O–H groups in total. The summed E-state index contributed by atoms with van der Waals surface area (Å²) in [6.45, 7) is 3.52. The first-order valence-electron chi connectivity index (χ1n) is 3.68. The molecule has 0 aliphatic rings. The van der Waals surface area contributed by atoms with Gasteiger partial charge in [0.15, 0.2) is 5.78 Å². The highest BCUT2D eigenvalue weighted by Crippen LogP contribution is 2.04. The maximum Gasteiger partial charge on any atom is 0.163 e. The van der Waals surface area contributed by atoms with Crippen LogP contribution in [0, 0.1) is 6.92 Å². The molecule has 0 saturated carbocycles. The lowest BCUT2D eigenvalue weighted by Crippen LogP contribution is -2.09. The zero-order valence-electron chi connectivity index (χ0n) is 7.16. The van der Waals surface area contributed by atoms with Crippen LogP contribution in [0.4, 0.5) is 0 Å². The van der Waals surface area contributed by atoms with Crippen molar-refractivity contribution in [1.82, 2.24) is 9.97 Å². The Labute approximate surface area is 70.8 Å². The van der Waals surface area contributed by atoms with Crippen LogP contribution in [0.3, 0.4) is 0 Å². The van der Waals surface area contributed by atoms with Crippen LogP contribution in [0.5, 0.6) is 0 Å². The summed E-state index contributed by atoms with van der Waals surface area (Å²) in [5, 5.41) is 0. The number of carbonyl (C=O) groups excluding carboxylic acids is 1. The lowest BCUT2D eigenvalue weighted by atomic mass is 10.1. The molecular formula is C8H11N3O. The second-order valence-electron chi connectivity index (χ2n) is 2.54. The molecule has 64 valence electrons. The molecule has 0 unspecified atom stereocenters. The molecule has 1 heterocycles. The van der Waals surface area contributed by atoms with E-state index >= 15 is 0 Å². The second-order valence-corrected chi connectivity index (χ2v) is 2.54. The van der Waals surface area contributed by atoms with Crippen molar-refractivity contribution >= 4 is 5.78 Å². The molecule has 0 saturated heterocycles. The lowest BCUT2D eigenvalue weighted by molar-refractivity contribution is 0.101. The number of aryl methyl sites for hydroxylation is 1. The standard InChI is InChI=1S/C8H11N3O/c1-5(12)7-4-10-6(2)11-8(7)3-9/h4H,3,9H2,1-2H3. The first kappa shape index (κ1) is 8.80. The highest BCUT2D eigenvalue weighted by Gasteiger charge is 2.07. The molecule has 0 aromatic carbocycles. The Balaban J connectivity index is 3.20. The van der Waals surface area contributed by atoms with Crippen LogP contribution in [0.25, 0.3) is 0 Å². The van der Waals surface area contributed by atoms with E-state index in [1.165, 1.54) is 13.1 Å². The first-order valence-corrected chi connectivity index (χ1v) is 3.68. The zero-order valence-corrected chi connectivity index (χ0v) is 7.16. The minimum absolute atomic E-state index is 0.0459. The number of Topliss-reactive ketones (excluding diaryl/α,β-unsaturated/α-hetero) is 1. The number of rotatable bonds is 2. The van der Waals surface area contributed by atoms with Gasteiger partial charge in [-0.05, 0) is 13.8 Å². The molecule has 0 aliphatic heterocycles. The molecule has 1 aromatic rings. The summed E-state index contributed by atoms with van der Waals surface area (Å²) in [5.41, 5.74) is 6.55. The topological polar surface area (TPSA) is 68.9 Å². The largest absolute Gasteiger partial charge is 0.325 e. The fraction of sp³-hybridized carbons (Fsp3) is 0.375. The predicted octanol–water partition coefficient (Wildman–Crippen LogP) is 0.446. The first-order chi connectivity index (χ1) is 5.65. The van der Waals surface area contributed by atoms with E-state index in [-0.39, 0.29) is 12.3 Å². The molecular weight excluding hydrogens is 154 g/mol. The summed E-state index contributed by atoms with van der Waals surface area (Å²) in [7, 11) is 0. The van der Waals surface area contributed by atoms with Crippen LogP contribution < -0.4 is 5.73 Å². The van der Waals surface area contributed by atoms with Crippen LogP contribution in [-0.4, -0.2) is 15.8 Å². The van der Waals surface area contributed by atoms with E-state index in [0.717, 1.165) is 0 Å². The number of aromatic nitrogens is 2. The maximum atomic E-state index is 11.0. The van der Waals surface area contributed by atoms with Gasteiger partial charge in [-0.15, -0.1) is 0 Å². The van der Waals surface area contributed by atoms with Crippen LogP contribution in [0.15, 0.2) is 6.20 Å².